The van der Waals surface area contributed by atoms with Crippen LogP contribution in [0.5, 0.6) is 5.75 Å². The van der Waals surface area contributed by atoms with E-state index in [0.29, 0.717) is 28.5 Å². The molecule has 0 aliphatic carbocycles. The molecule has 33 heavy (non-hydrogen) atoms. The van der Waals surface area contributed by atoms with Gasteiger partial charge >= 0.3 is 0 Å². The summed E-state index contributed by atoms with van der Waals surface area (Å²) in [7, 11) is 1.63. The van der Waals surface area contributed by atoms with E-state index in [1.165, 1.54) is 6.21 Å². The number of rotatable bonds is 7. The highest BCUT2D eigenvalue weighted by atomic mass is 35.5. The first-order chi connectivity index (χ1) is 15.9. The molecule has 0 bridgehead atoms. The Morgan fingerprint density at radius 2 is 2.06 bits per heavy atom. The zero-order valence-electron chi connectivity index (χ0n) is 19.0. The van der Waals surface area contributed by atoms with Crippen molar-refractivity contribution in [3.05, 3.63) is 75.8 Å². The van der Waals surface area contributed by atoms with Crippen LogP contribution < -0.4 is 10.2 Å². The van der Waals surface area contributed by atoms with Crippen molar-refractivity contribution in [3.8, 4) is 5.75 Å². The summed E-state index contributed by atoms with van der Waals surface area (Å²) in [5, 5.41) is 9.04. The van der Waals surface area contributed by atoms with Gasteiger partial charge in [0.25, 0.3) is 5.91 Å². The smallest absolute Gasteiger partial charge is 0.271 e. The van der Waals surface area contributed by atoms with E-state index in [0.717, 1.165) is 34.7 Å². The number of halogens is 1. The molecule has 2 aromatic heterocycles. The Labute approximate surface area is 196 Å². The molecular weight excluding hydrogens is 440 g/mol. The normalized spacial score (nSPS) is 11.4. The van der Waals surface area contributed by atoms with Gasteiger partial charge in [0.05, 0.1) is 42.2 Å². The van der Waals surface area contributed by atoms with Crippen molar-refractivity contribution in [2.45, 2.75) is 33.9 Å². The number of aromatic nitrogens is 4. The van der Waals surface area contributed by atoms with Crippen molar-refractivity contribution in [1.29, 1.82) is 0 Å². The maximum atomic E-state index is 12.6. The van der Waals surface area contributed by atoms with Gasteiger partial charge in [-0.25, -0.2) is 15.1 Å². The van der Waals surface area contributed by atoms with E-state index in [9.17, 15) is 4.79 Å². The lowest BCUT2D eigenvalue weighted by Gasteiger charge is -2.06. The standard InChI is InChI=1S/C24H25ClN6O2/c1-5-30-16(3)27-21-12-18(9-10-22(21)30)24(32)28-26-13-20-15(2)29-31(23(20)25)14-17-7-6-8-19(11-17)33-4/h6-13H,5,14H2,1-4H3,(H,28,32). The molecule has 9 heteroatoms. The number of carbonyl (C=O) groups excluding carboxylic acids is 1. The van der Waals surface area contributed by atoms with Crippen LogP contribution in [0.4, 0.5) is 0 Å². The van der Waals surface area contributed by atoms with Gasteiger partial charge in [-0.1, -0.05) is 23.7 Å². The van der Waals surface area contributed by atoms with Crippen molar-refractivity contribution in [1.82, 2.24) is 24.8 Å². The molecule has 0 unspecified atom stereocenters. The number of nitrogens with zero attached hydrogens (tertiary/aromatic N) is 5. The number of ether oxygens (including phenoxy) is 1. The Morgan fingerprint density at radius 1 is 1.24 bits per heavy atom. The summed E-state index contributed by atoms with van der Waals surface area (Å²) in [4.78, 5) is 17.1. The number of benzene rings is 2. The maximum absolute atomic E-state index is 12.6. The van der Waals surface area contributed by atoms with Crippen molar-refractivity contribution >= 4 is 34.8 Å². The second-order valence-corrected chi connectivity index (χ2v) is 7.96. The van der Waals surface area contributed by atoms with E-state index in [4.69, 9.17) is 16.3 Å². The third-order valence-corrected chi connectivity index (χ3v) is 5.85. The number of hydrogen-bond donors (Lipinski definition) is 1. The predicted octanol–water partition coefficient (Wildman–Crippen LogP) is 4.34. The number of imidazole rings is 1. The lowest BCUT2D eigenvalue weighted by molar-refractivity contribution is 0.0955. The fourth-order valence-corrected chi connectivity index (χ4v) is 4.06. The van der Waals surface area contributed by atoms with Gasteiger partial charge in [-0.3, -0.25) is 4.79 Å². The van der Waals surface area contributed by atoms with E-state index >= 15 is 0 Å². The number of aryl methyl sites for hydroxylation is 3. The Kier molecular flexibility index (Phi) is 6.46. The summed E-state index contributed by atoms with van der Waals surface area (Å²) in [6.45, 7) is 7.17. The average molecular weight is 465 g/mol. The van der Waals surface area contributed by atoms with E-state index in [1.807, 2.05) is 44.2 Å². The number of hydrazone groups is 1. The lowest BCUT2D eigenvalue weighted by atomic mass is 10.2. The Hall–Kier alpha value is -3.65. The zero-order valence-corrected chi connectivity index (χ0v) is 19.7. The van der Waals surface area contributed by atoms with Gasteiger partial charge in [0.15, 0.2) is 0 Å². The van der Waals surface area contributed by atoms with Gasteiger partial charge in [0, 0.05) is 12.1 Å². The molecule has 1 N–H and O–H groups in total. The van der Waals surface area contributed by atoms with Crippen LogP contribution in [0.3, 0.4) is 0 Å². The van der Waals surface area contributed by atoms with Crippen LogP contribution in [-0.2, 0) is 13.1 Å². The van der Waals surface area contributed by atoms with Crippen molar-refractivity contribution in [3.63, 3.8) is 0 Å². The molecule has 4 rings (SSSR count). The van der Waals surface area contributed by atoms with Gasteiger partial charge in [-0.15, -0.1) is 0 Å². The molecule has 8 nitrogen and oxygen atoms in total. The van der Waals surface area contributed by atoms with Gasteiger partial charge in [-0.05, 0) is 56.7 Å². The van der Waals surface area contributed by atoms with Gasteiger partial charge < -0.3 is 9.30 Å². The van der Waals surface area contributed by atoms with Crippen LogP contribution in [-0.4, -0.2) is 38.6 Å². The topological polar surface area (TPSA) is 86.3 Å². The lowest BCUT2D eigenvalue weighted by Crippen LogP contribution is -2.17. The summed E-state index contributed by atoms with van der Waals surface area (Å²) in [5.74, 6) is 1.36. The molecule has 0 aliphatic rings. The second kappa shape index (κ2) is 9.46. The first kappa shape index (κ1) is 22.5. The third kappa shape index (κ3) is 4.61. The van der Waals surface area contributed by atoms with E-state index < -0.39 is 0 Å². The maximum Gasteiger partial charge on any atom is 0.271 e. The van der Waals surface area contributed by atoms with Crippen LogP contribution in [0.2, 0.25) is 5.15 Å². The number of carbonyl (C=O) groups is 1. The van der Waals surface area contributed by atoms with Crippen LogP contribution in [0, 0.1) is 13.8 Å². The van der Waals surface area contributed by atoms with E-state index in [-0.39, 0.29) is 5.91 Å². The summed E-state index contributed by atoms with van der Waals surface area (Å²) in [6.07, 6.45) is 1.51. The molecule has 0 aliphatic heterocycles. The molecule has 4 aromatic rings. The zero-order chi connectivity index (χ0) is 23.5. The van der Waals surface area contributed by atoms with Crippen LogP contribution in [0.15, 0.2) is 47.6 Å². The number of amides is 1. The average Bonchev–Trinajstić information content (AvgIpc) is 3.27. The van der Waals surface area contributed by atoms with Crippen molar-refractivity contribution in [2.24, 2.45) is 5.10 Å². The Bertz CT molecular complexity index is 1350. The van der Waals surface area contributed by atoms with Gasteiger partial charge in [-0.2, -0.15) is 10.2 Å². The fourth-order valence-electron chi connectivity index (χ4n) is 3.77. The summed E-state index contributed by atoms with van der Waals surface area (Å²) < 4.78 is 9.06. The van der Waals surface area contributed by atoms with E-state index in [2.05, 4.69) is 32.1 Å². The molecule has 1 amide bonds. The highest BCUT2D eigenvalue weighted by Crippen LogP contribution is 2.21. The molecular formula is C24H25ClN6O2. The SMILES string of the molecule is CCn1c(C)nc2cc(C(=O)NN=Cc3c(C)nn(Cc4cccc(OC)c4)c3Cl)ccc21. The summed E-state index contributed by atoms with van der Waals surface area (Å²) in [6, 6.07) is 13.2. The van der Waals surface area contributed by atoms with Crippen molar-refractivity contribution < 1.29 is 9.53 Å². The molecule has 0 spiro atoms. The Morgan fingerprint density at radius 3 is 2.82 bits per heavy atom. The molecule has 170 valence electrons. The Balaban J connectivity index is 1.48. The molecule has 2 heterocycles. The third-order valence-electron chi connectivity index (χ3n) is 5.45. The van der Waals surface area contributed by atoms with Crippen LogP contribution in [0.25, 0.3) is 11.0 Å². The monoisotopic (exact) mass is 464 g/mol. The molecule has 2 aromatic carbocycles. The number of hydrogen-bond acceptors (Lipinski definition) is 5. The van der Waals surface area contributed by atoms with Crippen LogP contribution in [0.1, 0.15) is 39.9 Å². The minimum absolute atomic E-state index is 0.325. The van der Waals surface area contributed by atoms with E-state index in [1.54, 1.807) is 23.9 Å². The van der Waals surface area contributed by atoms with Gasteiger partial charge in [0.1, 0.15) is 16.7 Å². The quantitative estimate of drug-likeness (QED) is 0.325. The van der Waals surface area contributed by atoms with Crippen molar-refractivity contribution in [2.75, 3.05) is 7.11 Å². The molecule has 0 fully saturated rings. The summed E-state index contributed by atoms with van der Waals surface area (Å²) >= 11 is 6.54. The second-order valence-electron chi connectivity index (χ2n) is 7.60. The minimum Gasteiger partial charge on any atom is -0.497 e. The van der Waals surface area contributed by atoms with Crippen LogP contribution >= 0.6 is 11.6 Å². The molecule has 0 saturated heterocycles. The summed E-state index contributed by atoms with van der Waals surface area (Å²) in [5.41, 5.74) is 7.19. The first-order valence-corrected chi connectivity index (χ1v) is 10.9. The highest BCUT2D eigenvalue weighted by Gasteiger charge is 2.14. The largest absolute Gasteiger partial charge is 0.497 e. The van der Waals surface area contributed by atoms with Gasteiger partial charge in [0.2, 0.25) is 0 Å². The number of nitrogens with one attached hydrogen (secondary N) is 1. The highest BCUT2D eigenvalue weighted by molar-refractivity contribution is 6.32. The molecule has 0 atom stereocenters. The number of methoxy groups -OCH3 is 1. The molecule has 0 saturated carbocycles. The fraction of sp³-hybridized carbons (Fsp3) is 0.250. The minimum atomic E-state index is -0.325. The molecule has 0 radical (unpaired) electrons. The predicted molar refractivity (Wildman–Crippen MR) is 129 cm³/mol. The number of fused-ring (bicyclic) bond motifs is 1. The first-order valence-electron chi connectivity index (χ1n) is 10.6.